The van der Waals surface area contributed by atoms with E-state index in [4.69, 9.17) is 10.5 Å². The number of ether oxygens (including phenoxy) is 1. The van der Waals surface area contributed by atoms with Crippen LogP contribution in [0.2, 0.25) is 0 Å². The maximum Gasteiger partial charge on any atom is 0.0574 e. The van der Waals surface area contributed by atoms with Gasteiger partial charge in [0.25, 0.3) is 0 Å². The molecule has 60 valence electrons. The summed E-state index contributed by atoms with van der Waals surface area (Å²) in [5.41, 5.74) is 5.45. The third kappa shape index (κ3) is 1.96. The molecule has 0 bridgehead atoms. The molecular formula is C8H17NO. The molecule has 2 heteroatoms. The van der Waals surface area contributed by atoms with Crippen molar-refractivity contribution in [2.75, 3.05) is 13.7 Å². The van der Waals surface area contributed by atoms with E-state index in [1.807, 2.05) is 0 Å². The molecule has 0 aromatic carbocycles. The number of nitrogens with two attached hydrogens (primary N) is 1. The van der Waals surface area contributed by atoms with Crippen molar-refractivity contribution in [1.29, 1.82) is 0 Å². The minimum atomic E-state index is 0.525. The Bertz CT molecular complexity index is 95.3. The summed E-state index contributed by atoms with van der Waals surface area (Å²) in [5.74, 6) is 0.843. The normalized spacial score (nSPS) is 33.0. The monoisotopic (exact) mass is 143 g/mol. The van der Waals surface area contributed by atoms with Gasteiger partial charge in [-0.3, -0.25) is 0 Å². The van der Waals surface area contributed by atoms with Crippen LogP contribution in [0, 0.1) is 5.92 Å². The van der Waals surface area contributed by atoms with Gasteiger partial charge in [-0.25, -0.2) is 0 Å². The lowest BCUT2D eigenvalue weighted by atomic mass is 10.0. The molecule has 0 amide bonds. The van der Waals surface area contributed by atoms with Crippen molar-refractivity contribution in [1.82, 2.24) is 0 Å². The predicted octanol–water partition coefficient (Wildman–Crippen LogP) is 1.15. The van der Waals surface area contributed by atoms with Crippen molar-refractivity contribution in [3.63, 3.8) is 0 Å². The number of rotatable bonds is 3. The van der Waals surface area contributed by atoms with Gasteiger partial charge in [0.2, 0.25) is 0 Å². The molecule has 0 heterocycles. The van der Waals surface area contributed by atoms with Gasteiger partial charge in [0.05, 0.1) is 6.10 Å². The van der Waals surface area contributed by atoms with E-state index in [1.165, 1.54) is 25.7 Å². The molecule has 0 aromatic rings. The summed E-state index contributed by atoms with van der Waals surface area (Å²) in [6.07, 6.45) is 5.49. The topological polar surface area (TPSA) is 35.2 Å². The van der Waals surface area contributed by atoms with Gasteiger partial charge < -0.3 is 10.5 Å². The van der Waals surface area contributed by atoms with Gasteiger partial charge in [-0.1, -0.05) is 0 Å². The fourth-order valence-corrected chi connectivity index (χ4v) is 1.74. The van der Waals surface area contributed by atoms with Crippen LogP contribution >= 0.6 is 0 Å². The fraction of sp³-hybridized carbons (Fsp3) is 1.00. The third-order valence-electron chi connectivity index (χ3n) is 2.40. The molecule has 0 radical (unpaired) electrons. The summed E-state index contributed by atoms with van der Waals surface area (Å²) in [5, 5.41) is 0. The second kappa shape index (κ2) is 3.94. The molecule has 2 atom stereocenters. The van der Waals surface area contributed by atoms with Crippen molar-refractivity contribution < 1.29 is 4.74 Å². The summed E-state index contributed by atoms with van der Waals surface area (Å²) in [7, 11) is 1.80. The quantitative estimate of drug-likeness (QED) is 0.643. The first kappa shape index (κ1) is 8.02. The summed E-state index contributed by atoms with van der Waals surface area (Å²) in [4.78, 5) is 0. The zero-order valence-electron chi connectivity index (χ0n) is 6.68. The maximum absolute atomic E-state index is 5.45. The van der Waals surface area contributed by atoms with Gasteiger partial charge in [-0.15, -0.1) is 0 Å². The third-order valence-corrected chi connectivity index (χ3v) is 2.40. The van der Waals surface area contributed by atoms with Crippen LogP contribution in [-0.2, 0) is 4.74 Å². The van der Waals surface area contributed by atoms with Crippen LogP contribution in [0.5, 0.6) is 0 Å². The molecule has 1 aliphatic carbocycles. The van der Waals surface area contributed by atoms with E-state index in [2.05, 4.69) is 0 Å². The highest BCUT2D eigenvalue weighted by atomic mass is 16.5. The van der Waals surface area contributed by atoms with E-state index in [9.17, 15) is 0 Å². The van der Waals surface area contributed by atoms with Crippen LogP contribution < -0.4 is 5.73 Å². The Labute approximate surface area is 62.7 Å². The Hall–Kier alpha value is -0.0800. The van der Waals surface area contributed by atoms with Gasteiger partial charge >= 0.3 is 0 Å². The SMILES string of the molecule is COC1CCC(CCN)C1. The lowest BCUT2D eigenvalue weighted by Crippen LogP contribution is -2.08. The molecular weight excluding hydrogens is 126 g/mol. The Morgan fingerprint density at radius 3 is 2.80 bits per heavy atom. The molecule has 1 rings (SSSR count). The molecule has 0 spiro atoms. The standard InChI is InChI=1S/C8H17NO/c1-10-8-3-2-7(6-8)4-5-9/h7-8H,2-6,9H2,1H3. The molecule has 2 unspecified atom stereocenters. The zero-order valence-corrected chi connectivity index (χ0v) is 6.68. The maximum atomic E-state index is 5.45. The van der Waals surface area contributed by atoms with Crippen molar-refractivity contribution in [3.8, 4) is 0 Å². The highest BCUT2D eigenvalue weighted by molar-refractivity contribution is 4.75. The average molecular weight is 143 g/mol. The van der Waals surface area contributed by atoms with Crippen LogP contribution in [0.15, 0.2) is 0 Å². The summed E-state index contributed by atoms with van der Waals surface area (Å²) < 4.78 is 5.25. The van der Waals surface area contributed by atoms with Gasteiger partial charge in [0, 0.05) is 7.11 Å². The van der Waals surface area contributed by atoms with Crippen LogP contribution in [0.3, 0.4) is 0 Å². The first-order valence-electron chi connectivity index (χ1n) is 4.09. The smallest absolute Gasteiger partial charge is 0.0574 e. The highest BCUT2D eigenvalue weighted by Crippen LogP contribution is 2.29. The molecule has 2 nitrogen and oxygen atoms in total. The molecule has 0 saturated heterocycles. The first-order valence-corrected chi connectivity index (χ1v) is 4.09. The second-order valence-electron chi connectivity index (χ2n) is 3.11. The Balaban J connectivity index is 2.15. The van der Waals surface area contributed by atoms with Crippen LogP contribution in [0.25, 0.3) is 0 Å². The van der Waals surface area contributed by atoms with E-state index in [-0.39, 0.29) is 0 Å². The molecule has 10 heavy (non-hydrogen) atoms. The molecule has 0 aliphatic heterocycles. The predicted molar refractivity (Wildman–Crippen MR) is 41.8 cm³/mol. The van der Waals surface area contributed by atoms with Gasteiger partial charge in [0.15, 0.2) is 0 Å². The minimum Gasteiger partial charge on any atom is -0.381 e. The van der Waals surface area contributed by atoms with Gasteiger partial charge in [-0.2, -0.15) is 0 Å². The van der Waals surface area contributed by atoms with E-state index in [1.54, 1.807) is 7.11 Å². The summed E-state index contributed by atoms with van der Waals surface area (Å²) >= 11 is 0. The molecule has 1 aliphatic rings. The molecule has 1 fully saturated rings. The Morgan fingerprint density at radius 1 is 1.50 bits per heavy atom. The van der Waals surface area contributed by atoms with E-state index in [0.29, 0.717) is 6.10 Å². The molecule has 2 N–H and O–H groups in total. The fourth-order valence-electron chi connectivity index (χ4n) is 1.74. The number of methoxy groups -OCH3 is 1. The van der Waals surface area contributed by atoms with Gasteiger partial charge in [-0.05, 0) is 38.1 Å². The van der Waals surface area contributed by atoms with Crippen molar-refractivity contribution in [3.05, 3.63) is 0 Å². The van der Waals surface area contributed by atoms with Crippen LogP contribution in [0.4, 0.5) is 0 Å². The minimum absolute atomic E-state index is 0.525. The van der Waals surface area contributed by atoms with Crippen molar-refractivity contribution in [2.45, 2.75) is 31.8 Å². The Kier molecular flexibility index (Phi) is 3.16. The van der Waals surface area contributed by atoms with Crippen molar-refractivity contribution in [2.24, 2.45) is 11.7 Å². The zero-order chi connectivity index (χ0) is 7.40. The highest BCUT2D eigenvalue weighted by Gasteiger charge is 2.23. The van der Waals surface area contributed by atoms with Crippen LogP contribution in [0.1, 0.15) is 25.7 Å². The van der Waals surface area contributed by atoms with Crippen LogP contribution in [-0.4, -0.2) is 19.8 Å². The molecule has 1 saturated carbocycles. The molecule has 0 aromatic heterocycles. The summed E-state index contributed by atoms with van der Waals surface area (Å²) in [6.45, 7) is 0.834. The van der Waals surface area contributed by atoms with Crippen molar-refractivity contribution >= 4 is 0 Å². The van der Waals surface area contributed by atoms with E-state index < -0.39 is 0 Å². The lowest BCUT2D eigenvalue weighted by Gasteiger charge is -2.07. The summed E-state index contributed by atoms with van der Waals surface area (Å²) in [6, 6.07) is 0. The number of hydrogen-bond acceptors (Lipinski definition) is 2. The van der Waals surface area contributed by atoms with E-state index >= 15 is 0 Å². The lowest BCUT2D eigenvalue weighted by molar-refractivity contribution is 0.105. The second-order valence-corrected chi connectivity index (χ2v) is 3.11. The van der Waals surface area contributed by atoms with E-state index in [0.717, 1.165) is 12.5 Å². The first-order chi connectivity index (χ1) is 4.86. The van der Waals surface area contributed by atoms with Gasteiger partial charge in [0.1, 0.15) is 0 Å². The largest absolute Gasteiger partial charge is 0.381 e. The number of hydrogen-bond donors (Lipinski definition) is 1. The Morgan fingerprint density at radius 2 is 2.30 bits per heavy atom. The average Bonchev–Trinajstić information content (AvgIpc) is 2.37.